The van der Waals surface area contributed by atoms with Crippen LogP contribution in [0.1, 0.15) is 25.5 Å². The average Bonchev–Trinajstić information content (AvgIpc) is 3.29. The molecule has 1 unspecified atom stereocenters. The zero-order chi connectivity index (χ0) is 23.5. The Labute approximate surface area is 195 Å². The number of anilines is 1. The summed E-state index contributed by atoms with van der Waals surface area (Å²) in [7, 11) is 3.07. The number of hydrogen-bond donors (Lipinski definition) is 1. The molecule has 4 aromatic rings. The van der Waals surface area contributed by atoms with Gasteiger partial charge in [0.2, 0.25) is 5.91 Å². The van der Waals surface area contributed by atoms with Crippen LogP contribution in [0.3, 0.4) is 0 Å². The minimum Gasteiger partial charge on any atom is -0.493 e. The van der Waals surface area contributed by atoms with Gasteiger partial charge in [0.05, 0.1) is 25.9 Å². The number of methoxy groups -OCH3 is 2. The predicted molar refractivity (Wildman–Crippen MR) is 132 cm³/mol. The van der Waals surface area contributed by atoms with E-state index in [1.165, 1.54) is 34.9 Å². The van der Waals surface area contributed by atoms with Crippen LogP contribution in [0.15, 0.2) is 59.0 Å². The summed E-state index contributed by atoms with van der Waals surface area (Å²) in [4.78, 5) is 31.5. The maximum Gasteiger partial charge on any atom is 0.263 e. The number of rotatable bonds is 7. The number of fused-ring (bicyclic) bond motifs is 1. The molecule has 7 nitrogen and oxygen atoms in total. The Kier molecular flexibility index (Phi) is 6.46. The largest absolute Gasteiger partial charge is 0.493 e. The molecule has 0 aliphatic heterocycles. The molecule has 0 saturated heterocycles. The van der Waals surface area contributed by atoms with E-state index < -0.39 is 6.04 Å². The van der Waals surface area contributed by atoms with E-state index in [0.29, 0.717) is 27.4 Å². The van der Waals surface area contributed by atoms with E-state index in [1.54, 1.807) is 32.2 Å². The summed E-state index contributed by atoms with van der Waals surface area (Å²) in [5.74, 6) is 0.723. The first-order valence-corrected chi connectivity index (χ1v) is 11.4. The number of carbonyl (C=O) groups excluding carboxylic acids is 1. The van der Waals surface area contributed by atoms with E-state index in [2.05, 4.69) is 29.4 Å². The van der Waals surface area contributed by atoms with Crippen molar-refractivity contribution in [2.75, 3.05) is 19.5 Å². The molecule has 1 N–H and O–H groups in total. The number of nitrogens with one attached hydrogen (secondary N) is 1. The van der Waals surface area contributed by atoms with Gasteiger partial charge in [-0.05, 0) is 36.6 Å². The van der Waals surface area contributed by atoms with Crippen molar-refractivity contribution in [2.45, 2.75) is 26.3 Å². The summed E-state index contributed by atoms with van der Waals surface area (Å²) in [5, 5.41) is 5.30. The van der Waals surface area contributed by atoms with Gasteiger partial charge >= 0.3 is 0 Å². The normalized spacial score (nSPS) is 11.9. The number of amides is 1. The summed E-state index contributed by atoms with van der Waals surface area (Å²) in [6.45, 7) is 3.78. The number of ether oxygens (including phenoxy) is 2. The molecule has 0 saturated carbocycles. The van der Waals surface area contributed by atoms with Gasteiger partial charge in [-0.25, -0.2) is 4.98 Å². The molecule has 1 amide bonds. The van der Waals surface area contributed by atoms with Crippen LogP contribution in [0, 0.1) is 0 Å². The van der Waals surface area contributed by atoms with Gasteiger partial charge in [-0.1, -0.05) is 31.2 Å². The lowest BCUT2D eigenvalue weighted by molar-refractivity contribution is -0.118. The van der Waals surface area contributed by atoms with Crippen LogP contribution < -0.4 is 20.3 Å². The minimum absolute atomic E-state index is 0.245. The van der Waals surface area contributed by atoms with Crippen molar-refractivity contribution < 1.29 is 14.3 Å². The first-order valence-electron chi connectivity index (χ1n) is 10.6. The number of aromatic nitrogens is 2. The Morgan fingerprint density at radius 1 is 1.12 bits per heavy atom. The van der Waals surface area contributed by atoms with Crippen molar-refractivity contribution >= 4 is 33.1 Å². The molecule has 2 aromatic heterocycles. The van der Waals surface area contributed by atoms with Crippen LogP contribution in [0.2, 0.25) is 0 Å². The second-order valence-electron chi connectivity index (χ2n) is 7.57. The summed E-state index contributed by atoms with van der Waals surface area (Å²) in [6, 6.07) is 12.5. The highest BCUT2D eigenvalue weighted by molar-refractivity contribution is 7.17. The number of nitrogens with zero attached hydrogens (tertiary/aromatic N) is 2. The standard InChI is InChI=1S/C25H25N3O4S/c1-5-16-6-8-17(9-7-16)19-13-33-24-22(19)25(30)28(14-26-24)15(2)23(29)27-18-10-11-20(31-3)21(12-18)32-4/h6-15H,5H2,1-4H3,(H,27,29). The molecular formula is C25H25N3O4S. The van der Waals surface area contributed by atoms with Gasteiger partial charge in [0.15, 0.2) is 11.5 Å². The first-order chi connectivity index (χ1) is 16.0. The SMILES string of the molecule is CCc1ccc(-c2csc3ncn(C(C)C(=O)Nc4ccc(OC)c(OC)c4)c(=O)c23)cc1. The zero-order valence-electron chi connectivity index (χ0n) is 18.9. The van der Waals surface area contributed by atoms with Crippen molar-refractivity contribution in [2.24, 2.45) is 0 Å². The molecule has 8 heteroatoms. The average molecular weight is 464 g/mol. The number of carbonyl (C=O) groups is 1. The topological polar surface area (TPSA) is 82.5 Å². The molecule has 0 aliphatic rings. The fourth-order valence-corrected chi connectivity index (χ4v) is 4.55. The lowest BCUT2D eigenvalue weighted by atomic mass is 10.0. The van der Waals surface area contributed by atoms with Gasteiger partial charge in [0.25, 0.3) is 5.56 Å². The van der Waals surface area contributed by atoms with Crippen LogP contribution >= 0.6 is 11.3 Å². The third-order valence-electron chi connectivity index (χ3n) is 5.64. The van der Waals surface area contributed by atoms with Crippen molar-refractivity contribution in [3.05, 3.63) is 70.1 Å². The lowest BCUT2D eigenvalue weighted by Crippen LogP contribution is -2.31. The maximum atomic E-state index is 13.4. The number of hydrogen-bond acceptors (Lipinski definition) is 6. The smallest absolute Gasteiger partial charge is 0.263 e. The van der Waals surface area contributed by atoms with E-state index in [1.807, 2.05) is 17.5 Å². The summed E-state index contributed by atoms with van der Waals surface area (Å²) in [6.07, 6.45) is 2.38. The molecule has 1 atom stereocenters. The molecule has 170 valence electrons. The molecule has 0 bridgehead atoms. The molecule has 0 radical (unpaired) electrons. The van der Waals surface area contributed by atoms with Crippen molar-refractivity contribution in [3.8, 4) is 22.6 Å². The summed E-state index contributed by atoms with van der Waals surface area (Å²) >= 11 is 1.42. The number of thiophene rings is 1. The van der Waals surface area contributed by atoms with Crippen molar-refractivity contribution in [1.82, 2.24) is 9.55 Å². The molecule has 33 heavy (non-hydrogen) atoms. The Balaban J connectivity index is 1.65. The highest BCUT2D eigenvalue weighted by atomic mass is 32.1. The third kappa shape index (κ3) is 4.34. The molecule has 0 aliphatic carbocycles. The van der Waals surface area contributed by atoms with E-state index in [0.717, 1.165) is 17.5 Å². The van der Waals surface area contributed by atoms with E-state index >= 15 is 0 Å². The Hall–Kier alpha value is -3.65. The predicted octanol–water partition coefficient (Wildman–Crippen LogP) is 4.90. The highest BCUT2D eigenvalue weighted by Gasteiger charge is 2.21. The van der Waals surface area contributed by atoms with Crippen molar-refractivity contribution in [1.29, 1.82) is 0 Å². The summed E-state index contributed by atoms with van der Waals surface area (Å²) < 4.78 is 11.9. The Morgan fingerprint density at radius 2 is 1.85 bits per heavy atom. The van der Waals surface area contributed by atoms with Gasteiger partial charge in [-0.3, -0.25) is 14.2 Å². The second kappa shape index (κ2) is 9.46. The van der Waals surface area contributed by atoms with Gasteiger partial charge < -0.3 is 14.8 Å². The Bertz CT molecular complexity index is 1360. The Morgan fingerprint density at radius 3 is 2.52 bits per heavy atom. The van der Waals surface area contributed by atoms with Gasteiger partial charge in [-0.15, -0.1) is 11.3 Å². The zero-order valence-corrected chi connectivity index (χ0v) is 19.7. The quantitative estimate of drug-likeness (QED) is 0.421. The van der Waals surface area contributed by atoms with Crippen LogP contribution in [-0.2, 0) is 11.2 Å². The molecule has 0 spiro atoms. The third-order valence-corrected chi connectivity index (χ3v) is 6.53. The van der Waals surface area contributed by atoms with E-state index in [-0.39, 0.29) is 11.5 Å². The van der Waals surface area contributed by atoms with Crippen LogP contribution in [-0.4, -0.2) is 29.7 Å². The number of benzene rings is 2. The first kappa shape index (κ1) is 22.5. The second-order valence-corrected chi connectivity index (χ2v) is 8.43. The molecule has 2 heterocycles. The van der Waals surface area contributed by atoms with Gasteiger partial charge in [-0.2, -0.15) is 0 Å². The fourth-order valence-electron chi connectivity index (χ4n) is 3.64. The van der Waals surface area contributed by atoms with Crippen LogP contribution in [0.25, 0.3) is 21.3 Å². The van der Waals surface area contributed by atoms with Crippen molar-refractivity contribution in [3.63, 3.8) is 0 Å². The lowest BCUT2D eigenvalue weighted by Gasteiger charge is -2.16. The van der Waals surface area contributed by atoms with Gasteiger partial charge in [0.1, 0.15) is 10.9 Å². The van der Waals surface area contributed by atoms with Crippen LogP contribution in [0.4, 0.5) is 5.69 Å². The van der Waals surface area contributed by atoms with Crippen LogP contribution in [0.5, 0.6) is 11.5 Å². The highest BCUT2D eigenvalue weighted by Crippen LogP contribution is 2.32. The summed E-state index contributed by atoms with van der Waals surface area (Å²) in [5.41, 5.74) is 3.31. The molecular weight excluding hydrogens is 438 g/mol. The van der Waals surface area contributed by atoms with Gasteiger partial charge in [0, 0.05) is 22.7 Å². The molecule has 2 aromatic carbocycles. The minimum atomic E-state index is -0.766. The van der Waals surface area contributed by atoms with E-state index in [4.69, 9.17) is 9.47 Å². The number of aryl methyl sites for hydroxylation is 1. The van der Waals surface area contributed by atoms with E-state index in [9.17, 15) is 9.59 Å². The maximum absolute atomic E-state index is 13.4. The molecule has 4 rings (SSSR count). The fraction of sp³-hybridized carbons (Fsp3) is 0.240. The monoisotopic (exact) mass is 463 g/mol. The molecule has 0 fully saturated rings.